The Morgan fingerprint density at radius 2 is 2.05 bits per heavy atom. The Morgan fingerprint density at radius 3 is 2.48 bits per heavy atom. The molecule has 0 radical (unpaired) electrons. The minimum atomic E-state index is -0.987. The van der Waals surface area contributed by atoms with E-state index in [0.29, 0.717) is 5.17 Å². The highest BCUT2D eigenvalue weighted by atomic mass is 32.2. The normalized spacial score (nSPS) is 12.9. The summed E-state index contributed by atoms with van der Waals surface area (Å²) in [6, 6.07) is -0.987. The Labute approximate surface area is 128 Å². The molecule has 0 aliphatic rings. The molecule has 0 bridgehead atoms. The first-order chi connectivity index (χ1) is 9.73. The predicted molar refractivity (Wildman–Crippen MR) is 80.7 cm³/mol. The van der Waals surface area contributed by atoms with Gasteiger partial charge in [0, 0.05) is 0 Å². The van der Waals surface area contributed by atoms with Crippen LogP contribution in [0.1, 0.15) is 20.8 Å². The van der Waals surface area contributed by atoms with E-state index in [2.05, 4.69) is 25.4 Å². The molecule has 118 valence electrons. The Hall–Kier alpha value is -1.95. The van der Waals surface area contributed by atoms with Crippen molar-refractivity contribution in [2.45, 2.75) is 32.4 Å². The molecule has 1 atom stereocenters. The van der Waals surface area contributed by atoms with E-state index in [-0.39, 0.29) is 6.54 Å². The van der Waals surface area contributed by atoms with Gasteiger partial charge in [-0.15, -0.1) is 0 Å². The molecule has 1 amide bonds. The van der Waals surface area contributed by atoms with Crippen molar-refractivity contribution in [3.05, 3.63) is 11.5 Å². The molecule has 0 saturated carbocycles. The average Bonchev–Trinajstić information content (AvgIpc) is 2.38. The van der Waals surface area contributed by atoms with Crippen LogP contribution in [0.5, 0.6) is 0 Å². The number of carbonyl (C=O) groups excluding carboxylic acids is 2. The number of hydrogen-bond donors (Lipinski definition) is 2. The SMILES string of the molecule is [C-]#[N+]NC(=NC[C@H](NC(=O)OC(C)(C)C)C(=O)OC)SC. The van der Waals surface area contributed by atoms with Crippen molar-refractivity contribution < 1.29 is 19.1 Å². The number of ether oxygens (including phenoxy) is 2. The maximum absolute atomic E-state index is 11.7. The van der Waals surface area contributed by atoms with Crippen LogP contribution in [0.25, 0.3) is 4.95 Å². The number of amidine groups is 1. The number of amides is 1. The van der Waals surface area contributed by atoms with Crippen molar-refractivity contribution in [3.63, 3.8) is 0 Å². The van der Waals surface area contributed by atoms with E-state index in [1.54, 1.807) is 27.0 Å². The molecule has 8 nitrogen and oxygen atoms in total. The number of carbonyl (C=O) groups is 2. The van der Waals surface area contributed by atoms with Crippen molar-refractivity contribution in [1.82, 2.24) is 10.7 Å². The summed E-state index contributed by atoms with van der Waals surface area (Å²) in [5.74, 6) is -0.645. The number of thioether (sulfide) groups is 1. The van der Waals surface area contributed by atoms with Gasteiger partial charge in [-0.05, 0) is 27.0 Å². The van der Waals surface area contributed by atoms with Gasteiger partial charge < -0.3 is 14.8 Å². The zero-order valence-electron chi connectivity index (χ0n) is 12.7. The summed E-state index contributed by atoms with van der Waals surface area (Å²) in [4.78, 5) is 30.3. The number of alkyl carbamates (subject to hydrolysis) is 1. The van der Waals surface area contributed by atoms with E-state index < -0.39 is 23.7 Å². The number of nitrogens with zero attached hydrogens (tertiary/aromatic N) is 2. The van der Waals surface area contributed by atoms with Crippen LogP contribution in [0.2, 0.25) is 0 Å². The Kier molecular flexibility index (Phi) is 8.23. The van der Waals surface area contributed by atoms with E-state index in [1.165, 1.54) is 18.9 Å². The third-order valence-corrected chi connectivity index (χ3v) is 2.55. The van der Waals surface area contributed by atoms with Crippen molar-refractivity contribution in [2.24, 2.45) is 4.99 Å². The monoisotopic (exact) mass is 316 g/mol. The maximum atomic E-state index is 11.7. The van der Waals surface area contributed by atoms with Crippen molar-refractivity contribution in [2.75, 3.05) is 19.9 Å². The van der Waals surface area contributed by atoms with Crippen molar-refractivity contribution in [3.8, 4) is 0 Å². The Bertz CT molecular complexity index is 440. The molecule has 0 aromatic rings. The molecular weight excluding hydrogens is 296 g/mol. The molecule has 0 aromatic carbocycles. The van der Waals surface area contributed by atoms with Gasteiger partial charge in [-0.3, -0.25) is 4.99 Å². The van der Waals surface area contributed by atoms with Crippen molar-refractivity contribution in [1.29, 1.82) is 0 Å². The Morgan fingerprint density at radius 1 is 1.43 bits per heavy atom. The lowest BCUT2D eigenvalue weighted by Crippen LogP contribution is -2.46. The molecule has 0 aliphatic carbocycles. The van der Waals surface area contributed by atoms with Gasteiger partial charge in [0.2, 0.25) is 5.17 Å². The van der Waals surface area contributed by atoms with Gasteiger partial charge in [0.25, 0.3) is 0 Å². The van der Waals surface area contributed by atoms with Crippen LogP contribution >= 0.6 is 11.8 Å². The zero-order chi connectivity index (χ0) is 16.5. The molecule has 0 aliphatic heterocycles. The lowest BCUT2D eigenvalue weighted by atomic mass is 10.2. The third kappa shape index (κ3) is 8.75. The van der Waals surface area contributed by atoms with Crippen LogP contribution in [0, 0.1) is 6.57 Å². The summed E-state index contributed by atoms with van der Waals surface area (Å²) < 4.78 is 9.67. The quantitative estimate of drug-likeness (QED) is 0.266. The first-order valence-electron chi connectivity index (χ1n) is 6.01. The molecule has 0 aromatic heterocycles. The molecule has 9 heteroatoms. The Balaban J connectivity index is 4.79. The summed E-state index contributed by atoms with van der Waals surface area (Å²) in [7, 11) is 1.21. The fourth-order valence-corrected chi connectivity index (χ4v) is 1.48. The van der Waals surface area contributed by atoms with Gasteiger partial charge in [0.1, 0.15) is 11.6 Å². The standard InChI is InChI=1S/C12H20N4O4S/c1-12(2,3)20-11(18)15-8(9(17)19-5)7-14-10(21-6)16-13-4/h8H,7H2,1-3,5-6H3,(H,14,16)(H,15,18)/t8-/m0/s1. The predicted octanol–water partition coefficient (Wildman–Crippen LogP) is 1.20. The van der Waals surface area contributed by atoms with Gasteiger partial charge in [-0.25, -0.2) is 9.59 Å². The van der Waals surface area contributed by atoms with E-state index >= 15 is 0 Å². The summed E-state index contributed by atoms with van der Waals surface area (Å²) in [5.41, 5.74) is 1.67. The molecule has 0 unspecified atom stereocenters. The molecular formula is C12H20N4O4S. The average molecular weight is 316 g/mol. The van der Waals surface area contributed by atoms with Gasteiger partial charge in [0.05, 0.1) is 13.7 Å². The van der Waals surface area contributed by atoms with Crippen LogP contribution in [-0.4, -0.2) is 48.8 Å². The largest absolute Gasteiger partial charge is 0.467 e. The molecule has 21 heavy (non-hydrogen) atoms. The lowest BCUT2D eigenvalue weighted by molar-refractivity contribution is -0.142. The smallest absolute Gasteiger partial charge is 0.408 e. The van der Waals surface area contributed by atoms with E-state index in [0.717, 1.165) is 0 Å². The molecule has 0 rings (SSSR count). The second-order valence-corrected chi connectivity index (χ2v) is 5.59. The van der Waals surface area contributed by atoms with Crippen LogP contribution in [0.15, 0.2) is 4.99 Å². The topological polar surface area (TPSA) is 93.4 Å². The lowest BCUT2D eigenvalue weighted by Gasteiger charge is -2.22. The molecule has 2 N–H and O–H groups in total. The summed E-state index contributed by atoms with van der Waals surface area (Å²) in [6.45, 7) is 11.8. The number of esters is 1. The number of rotatable bonds is 4. The molecule has 0 saturated heterocycles. The molecule has 0 fully saturated rings. The highest BCUT2D eigenvalue weighted by molar-refractivity contribution is 8.13. The number of aliphatic imine (C=N–C) groups is 1. The minimum absolute atomic E-state index is 0.0649. The number of methoxy groups -OCH3 is 1. The van der Waals surface area contributed by atoms with E-state index in [4.69, 9.17) is 11.3 Å². The van der Waals surface area contributed by atoms with Crippen molar-refractivity contribution >= 4 is 29.0 Å². The minimum Gasteiger partial charge on any atom is -0.467 e. The van der Waals surface area contributed by atoms with Crippen LogP contribution in [0.3, 0.4) is 0 Å². The third-order valence-electron chi connectivity index (χ3n) is 1.94. The van der Waals surface area contributed by atoms with Gasteiger partial charge in [0.15, 0.2) is 0 Å². The molecule has 0 spiro atoms. The summed E-state index contributed by atoms with van der Waals surface area (Å²) >= 11 is 1.21. The van der Waals surface area contributed by atoms with Gasteiger partial charge in [-0.1, -0.05) is 17.2 Å². The number of nitrogens with one attached hydrogen (secondary N) is 2. The van der Waals surface area contributed by atoms with E-state index in [1.807, 2.05) is 0 Å². The second kappa shape index (κ2) is 9.07. The highest BCUT2D eigenvalue weighted by Gasteiger charge is 2.25. The zero-order valence-corrected chi connectivity index (χ0v) is 13.5. The molecule has 0 heterocycles. The summed E-state index contributed by atoms with van der Waals surface area (Å²) in [6.07, 6.45) is 0.989. The van der Waals surface area contributed by atoms with E-state index in [9.17, 15) is 9.59 Å². The van der Waals surface area contributed by atoms with Gasteiger partial charge >= 0.3 is 12.1 Å². The first-order valence-corrected chi connectivity index (χ1v) is 7.24. The fraction of sp³-hybridized carbons (Fsp3) is 0.667. The van der Waals surface area contributed by atoms with Crippen LogP contribution < -0.4 is 10.7 Å². The first kappa shape index (κ1) is 19.1. The van der Waals surface area contributed by atoms with Crippen LogP contribution in [-0.2, 0) is 14.3 Å². The summed E-state index contributed by atoms with van der Waals surface area (Å²) in [5, 5.41) is 2.73. The second-order valence-electron chi connectivity index (χ2n) is 4.80. The van der Waals surface area contributed by atoms with Gasteiger partial charge in [-0.2, -0.15) is 11.5 Å². The fourth-order valence-electron chi connectivity index (χ4n) is 1.14. The number of hydrogen-bond acceptors (Lipinski definition) is 6. The highest BCUT2D eigenvalue weighted by Crippen LogP contribution is 2.07. The van der Waals surface area contributed by atoms with Crippen LogP contribution in [0.4, 0.5) is 4.79 Å². The maximum Gasteiger partial charge on any atom is 0.408 e.